The molecule has 7 heteroatoms. The molecule has 0 spiro atoms. The normalized spacial score (nSPS) is 17.1. The third-order valence-electron chi connectivity index (χ3n) is 4.00. The summed E-state index contributed by atoms with van der Waals surface area (Å²) in [5, 5.41) is 7.34. The molecule has 3 amide bonds. The maximum atomic E-state index is 12.6. The molecule has 3 rings (SSSR count). The molecule has 0 saturated carbocycles. The first-order chi connectivity index (χ1) is 12.0. The van der Waals surface area contributed by atoms with Gasteiger partial charge in [0.1, 0.15) is 6.04 Å². The van der Waals surface area contributed by atoms with E-state index in [1.165, 1.54) is 16.2 Å². The lowest BCUT2D eigenvalue weighted by atomic mass is 10.1. The van der Waals surface area contributed by atoms with Crippen LogP contribution < -0.4 is 10.6 Å². The van der Waals surface area contributed by atoms with Crippen molar-refractivity contribution < 1.29 is 14.4 Å². The molecule has 25 heavy (non-hydrogen) atoms. The molecule has 1 atom stereocenters. The number of nitrogens with one attached hydrogen (secondary N) is 2. The summed E-state index contributed by atoms with van der Waals surface area (Å²) in [7, 11) is 0. The zero-order chi connectivity index (χ0) is 17.8. The van der Waals surface area contributed by atoms with E-state index < -0.39 is 6.04 Å². The molecule has 0 unspecified atom stereocenters. The predicted octanol–water partition coefficient (Wildman–Crippen LogP) is 2.03. The quantitative estimate of drug-likeness (QED) is 0.879. The van der Waals surface area contributed by atoms with E-state index in [4.69, 9.17) is 0 Å². The lowest BCUT2D eigenvalue weighted by molar-refractivity contribution is -0.131. The Kier molecular flexibility index (Phi) is 5.14. The topological polar surface area (TPSA) is 78.5 Å². The standard InChI is InChI=1S/C18H19N3O3S/c1-12-4-2-5-13(10-12)20-16(22)11-14-17(23)19-7-8-21(14)18(24)15-6-3-9-25-15/h2-6,9-10,14H,7-8,11H2,1H3,(H,19,23)(H,20,22)/t14-/m1/s1. The maximum Gasteiger partial charge on any atom is 0.264 e. The van der Waals surface area contributed by atoms with Gasteiger partial charge in [0, 0.05) is 18.8 Å². The van der Waals surface area contributed by atoms with Crippen molar-refractivity contribution in [1.29, 1.82) is 0 Å². The molecule has 130 valence electrons. The molecule has 2 aromatic rings. The van der Waals surface area contributed by atoms with Crippen LogP contribution >= 0.6 is 11.3 Å². The highest BCUT2D eigenvalue weighted by Gasteiger charge is 2.35. The summed E-state index contributed by atoms with van der Waals surface area (Å²) in [5.41, 5.74) is 1.71. The zero-order valence-electron chi connectivity index (χ0n) is 13.8. The second kappa shape index (κ2) is 7.48. The van der Waals surface area contributed by atoms with E-state index in [0.717, 1.165) is 5.56 Å². The number of anilines is 1. The summed E-state index contributed by atoms with van der Waals surface area (Å²) in [6, 6.07) is 10.2. The summed E-state index contributed by atoms with van der Waals surface area (Å²) in [6.45, 7) is 2.72. The monoisotopic (exact) mass is 357 g/mol. The lowest BCUT2D eigenvalue weighted by Crippen LogP contribution is -2.58. The molecule has 1 aromatic heterocycles. The molecule has 6 nitrogen and oxygen atoms in total. The van der Waals surface area contributed by atoms with Gasteiger partial charge in [0.05, 0.1) is 11.3 Å². The largest absolute Gasteiger partial charge is 0.353 e. The molecule has 2 N–H and O–H groups in total. The van der Waals surface area contributed by atoms with E-state index in [0.29, 0.717) is 23.7 Å². The van der Waals surface area contributed by atoms with E-state index in [-0.39, 0.29) is 24.1 Å². The van der Waals surface area contributed by atoms with Gasteiger partial charge in [0.25, 0.3) is 5.91 Å². The number of amides is 3. The minimum atomic E-state index is -0.798. The van der Waals surface area contributed by atoms with Gasteiger partial charge in [-0.15, -0.1) is 11.3 Å². The molecule has 0 radical (unpaired) electrons. The Hall–Kier alpha value is -2.67. The minimum Gasteiger partial charge on any atom is -0.353 e. The van der Waals surface area contributed by atoms with Gasteiger partial charge in [-0.3, -0.25) is 14.4 Å². The number of hydrogen-bond acceptors (Lipinski definition) is 4. The first-order valence-corrected chi connectivity index (χ1v) is 8.91. The molecule has 1 aromatic carbocycles. The van der Waals surface area contributed by atoms with Crippen LogP contribution in [0.15, 0.2) is 41.8 Å². The number of piperazine rings is 1. The van der Waals surface area contributed by atoms with Crippen LogP contribution in [0.5, 0.6) is 0 Å². The summed E-state index contributed by atoms with van der Waals surface area (Å²) in [6.07, 6.45) is -0.0725. The highest BCUT2D eigenvalue weighted by molar-refractivity contribution is 7.12. The fourth-order valence-electron chi connectivity index (χ4n) is 2.81. The first-order valence-electron chi connectivity index (χ1n) is 8.03. The smallest absolute Gasteiger partial charge is 0.264 e. The van der Waals surface area contributed by atoms with Gasteiger partial charge < -0.3 is 15.5 Å². The van der Waals surface area contributed by atoms with Crippen molar-refractivity contribution in [2.45, 2.75) is 19.4 Å². The molecule has 1 saturated heterocycles. The van der Waals surface area contributed by atoms with Crippen LogP contribution in [0.3, 0.4) is 0 Å². The second-order valence-corrected chi connectivity index (χ2v) is 6.85. The van der Waals surface area contributed by atoms with Crippen LogP contribution in [0.4, 0.5) is 5.69 Å². The Labute approximate surface area is 149 Å². The van der Waals surface area contributed by atoms with Crippen molar-refractivity contribution in [2.24, 2.45) is 0 Å². The van der Waals surface area contributed by atoms with E-state index in [1.54, 1.807) is 18.2 Å². The number of thiophene rings is 1. The Morgan fingerprint density at radius 2 is 2.16 bits per heavy atom. The molecule has 1 fully saturated rings. The van der Waals surface area contributed by atoms with Crippen LogP contribution in [-0.2, 0) is 9.59 Å². The molecule has 1 aliphatic rings. The Morgan fingerprint density at radius 3 is 2.88 bits per heavy atom. The number of carbonyl (C=O) groups excluding carboxylic acids is 3. The molecular formula is C18H19N3O3S. The maximum absolute atomic E-state index is 12.6. The third kappa shape index (κ3) is 4.06. The highest BCUT2D eigenvalue weighted by atomic mass is 32.1. The van der Waals surface area contributed by atoms with E-state index in [9.17, 15) is 14.4 Å². The van der Waals surface area contributed by atoms with E-state index in [2.05, 4.69) is 10.6 Å². The molecular weight excluding hydrogens is 338 g/mol. The van der Waals surface area contributed by atoms with Crippen LogP contribution in [0, 0.1) is 6.92 Å². The summed E-state index contributed by atoms with van der Waals surface area (Å²) < 4.78 is 0. The summed E-state index contributed by atoms with van der Waals surface area (Å²) in [4.78, 5) is 39.3. The third-order valence-corrected chi connectivity index (χ3v) is 4.86. The number of rotatable bonds is 4. The number of aryl methyl sites for hydroxylation is 1. The van der Waals surface area contributed by atoms with Crippen molar-refractivity contribution in [3.8, 4) is 0 Å². The summed E-state index contributed by atoms with van der Waals surface area (Å²) in [5.74, 6) is -0.801. The lowest BCUT2D eigenvalue weighted by Gasteiger charge is -2.34. The first kappa shape index (κ1) is 17.2. The van der Waals surface area contributed by atoms with Crippen LogP contribution in [0.2, 0.25) is 0 Å². The van der Waals surface area contributed by atoms with Gasteiger partial charge in [-0.1, -0.05) is 18.2 Å². The Balaban J connectivity index is 1.71. The van der Waals surface area contributed by atoms with Gasteiger partial charge in [-0.2, -0.15) is 0 Å². The predicted molar refractivity (Wildman–Crippen MR) is 96.6 cm³/mol. The fraction of sp³-hybridized carbons (Fsp3) is 0.278. The number of benzene rings is 1. The van der Waals surface area contributed by atoms with Gasteiger partial charge >= 0.3 is 0 Å². The van der Waals surface area contributed by atoms with Gasteiger partial charge in [-0.05, 0) is 36.1 Å². The highest BCUT2D eigenvalue weighted by Crippen LogP contribution is 2.18. The number of hydrogen-bond donors (Lipinski definition) is 2. The fourth-order valence-corrected chi connectivity index (χ4v) is 3.49. The number of carbonyl (C=O) groups is 3. The molecule has 0 bridgehead atoms. The van der Waals surface area contributed by atoms with Crippen LogP contribution in [0.25, 0.3) is 0 Å². The minimum absolute atomic E-state index is 0.0725. The molecule has 1 aliphatic heterocycles. The second-order valence-electron chi connectivity index (χ2n) is 5.90. The Morgan fingerprint density at radius 1 is 1.32 bits per heavy atom. The van der Waals surface area contributed by atoms with E-state index in [1.807, 2.05) is 30.5 Å². The zero-order valence-corrected chi connectivity index (χ0v) is 14.6. The van der Waals surface area contributed by atoms with Gasteiger partial charge in [0.2, 0.25) is 11.8 Å². The Bertz CT molecular complexity index is 789. The average Bonchev–Trinajstić information content (AvgIpc) is 3.10. The number of nitrogens with zero attached hydrogens (tertiary/aromatic N) is 1. The average molecular weight is 357 g/mol. The molecule has 2 heterocycles. The van der Waals surface area contributed by atoms with Crippen molar-refractivity contribution in [2.75, 3.05) is 18.4 Å². The van der Waals surface area contributed by atoms with Crippen molar-refractivity contribution >= 4 is 34.7 Å². The van der Waals surface area contributed by atoms with Crippen LogP contribution in [-0.4, -0.2) is 41.8 Å². The summed E-state index contributed by atoms with van der Waals surface area (Å²) >= 11 is 1.33. The van der Waals surface area contributed by atoms with Crippen molar-refractivity contribution in [3.63, 3.8) is 0 Å². The SMILES string of the molecule is Cc1cccc(NC(=O)C[C@@H]2C(=O)NCCN2C(=O)c2cccs2)c1. The molecule has 0 aliphatic carbocycles. The van der Waals surface area contributed by atoms with Crippen LogP contribution in [0.1, 0.15) is 21.7 Å². The van der Waals surface area contributed by atoms with Crippen molar-refractivity contribution in [3.05, 3.63) is 52.2 Å². The van der Waals surface area contributed by atoms with Crippen molar-refractivity contribution in [1.82, 2.24) is 10.2 Å². The van der Waals surface area contributed by atoms with Gasteiger partial charge in [-0.25, -0.2) is 0 Å². The van der Waals surface area contributed by atoms with Gasteiger partial charge in [0.15, 0.2) is 0 Å². The van der Waals surface area contributed by atoms with E-state index >= 15 is 0 Å².